The maximum absolute atomic E-state index is 11.4. The van der Waals surface area contributed by atoms with Gasteiger partial charge in [0.25, 0.3) is 5.69 Å². The number of halogens is 1. The number of hydrogen-bond acceptors (Lipinski definition) is 5. The first-order chi connectivity index (χ1) is 10.4. The van der Waals surface area contributed by atoms with E-state index in [9.17, 15) is 15.2 Å². The van der Waals surface area contributed by atoms with E-state index in [0.717, 1.165) is 26.2 Å². The minimum Gasteiger partial charge on any atom is -0.396 e. The Labute approximate surface area is 135 Å². The van der Waals surface area contributed by atoms with Crippen LogP contribution in [0, 0.1) is 15.5 Å². The summed E-state index contributed by atoms with van der Waals surface area (Å²) < 4.78 is 0. The molecule has 1 aliphatic heterocycles. The lowest BCUT2D eigenvalue weighted by Gasteiger charge is -2.43. The summed E-state index contributed by atoms with van der Waals surface area (Å²) in [5.41, 5.74) is 0.0974. The average Bonchev–Trinajstić information content (AvgIpc) is 2.48. The van der Waals surface area contributed by atoms with Gasteiger partial charge in [0.05, 0.1) is 4.92 Å². The van der Waals surface area contributed by atoms with Crippen LogP contribution in [0.5, 0.6) is 0 Å². The topological polar surface area (TPSA) is 78.6 Å². The van der Waals surface area contributed by atoms with Gasteiger partial charge in [0.2, 0.25) is 0 Å². The molecule has 22 heavy (non-hydrogen) atoms. The zero-order chi connectivity index (χ0) is 16.3. The highest BCUT2D eigenvalue weighted by Gasteiger charge is 2.39. The molecule has 1 heterocycles. The van der Waals surface area contributed by atoms with Gasteiger partial charge in [0, 0.05) is 60.9 Å². The number of hydrogen-bond donors (Lipinski definition) is 2. The van der Waals surface area contributed by atoms with E-state index in [4.69, 9.17) is 11.6 Å². The van der Waals surface area contributed by atoms with Gasteiger partial charge < -0.3 is 10.4 Å². The molecule has 1 saturated heterocycles. The third-order valence-corrected chi connectivity index (χ3v) is 4.38. The van der Waals surface area contributed by atoms with Crippen LogP contribution in [0.2, 0.25) is 5.02 Å². The Balaban J connectivity index is 2.53. The van der Waals surface area contributed by atoms with Crippen molar-refractivity contribution in [1.82, 2.24) is 10.2 Å². The van der Waals surface area contributed by atoms with Crippen LogP contribution in [0.3, 0.4) is 0 Å². The van der Waals surface area contributed by atoms with Crippen LogP contribution in [0.1, 0.15) is 25.5 Å². The van der Waals surface area contributed by atoms with Crippen molar-refractivity contribution in [1.29, 1.82) is 0 Å². The molecule has 122 valence electrons. The molecule has 1 aliphatic rings. The molecule has 2 rings (SSSR count). The van der Waals surface area contributed by atoms with E-state index in [-0.39, 0.29) is 23.3 Å². The first kappa shape index (κ1) is 17.1. The molecule has 7 heteroatoms. The summed E-state index contributed by atoms with van der Waals surface area (Å²) >= 11 is 6.08. The SMILES string of the molecule is CC(C)(CO)[C@@H](c1cc(Cl)ccc1[N+](=O)[O-])N1CCNCC1. The van der Waals surface area contributed by atoms with Gasteiger partial charge in [-0.1, -0.05) is 25.4 Å². The second kappa shape index (κ2) is 6.91. The highest BCUT2D eigenvalue weighted by molar-refractivity contribution is 6.30. The molecule has 0 unspecified atom stereocenters. The molecule has 0 spiro atoms. The summed E-state index contributed by atoms with van der Waals surface area (Å²) in [5, 5.41) is 25.0. The van der Waals surface area contributed by atoms with Crippen molar-refractivity contribution in [2.24, 2.45) is 5.41 Å². The average molecular weight is 328 g/mol. The van der Waals surface area contributed by atoms with Crippen molar-refractivity contribution in [3.63, 3.8) is 0 Å². The third kappa shape index (κ3) is 3.57. The summed E-state index contributed by atoms with van der Waals surface area (Å²) in [6.45, 7) is 6.98. The van der Waals surface area contributed by atoms with Gasteiger partial charge >= 0.3 is 0 Å². The number of rotatable bonds is 5. The highest BCUT2D eigenvalue weighted by Crippen LogP contribution is 2.42. The Morgan fingerprint density at radius 2 is 2.09 bits per heavy atom. The number of benzene rings is 1. The molecule has 0 saturated carbocycles. The van der Waals surface area contributed by atoms with E-state index in [1.54, 1.807) is 6.07 Å². The zero-order valence-electron chi connectivity index (χ0n) is 12.9. The molecular weight excluding hydrogens is 306 g/mol. The number of aliphatic hydroxyl groups excluding tert-OH is 1. The van der Waals surface area contributed by atoms with Crippen LogP contribution in [0.4, 0.5) is 5.69 Å². The lowest BCUT2D eigenvalue weighted by molar-refractivity contribution is -0.386. The van der Waals surface area contributed by atoms with E-state index in [1.807, 2.05) is 13.8 Å². The fourth-order valence-corrected chi connectivity index (χ4v) is 3.23. The molecular formula is C15H22ClN3O3. The van der Waals surface area contributed by atoms with Gasteiger partial charge in [-0.15, -0.1) is 0 Å². The summed E-state index contributed by atoms with van der Waals surface area (Å²) in [5.74, 6) is 0. The van der Waals surface area contributed by atoms with Gasteiger partial charge in [0.1, 0.15) is 0 Å². The molecule has 0 aliphatic carbocycles. The second-order valence-electron chi connectivity index (χ2n) is 6.30. The summed E-state index contributed by atoms with van der Waals surface area (Å²) in [7, 11) is 0. The maximum Gasteiger partial charge on any atom is 0.274 e. The second-order valence-corrected chi connectivity index (χ2v) is 6.73. The third-order valence-electron chi connectivity index (χ3n) is 4.15. The number of nitro groups is 1. The number of nitro benzene ring substituents is 1. The number of aliphatic hydroxyl groups is 1. The normalized spacial score (nSPS) is 18.2. The fraction of sp³-hybridized carbons (Fsp3) is 0.600. The van der Waals surface area contributed by atoms with E-state index >= 15 is 0 Å². The standard InChI is InChI=1S/C15H22ClN3O3/c1-15(2,10-20)14(18-7-5-17-6-8-18)12-9-11(16)3-4-13(12)19(21)22/h3-4,9,14,17,20H,5-8,10H2,1-2H3/t14-/m1/s1. The summed E-state index contributed by atoms with van der Waals surface area (Å²) in [4.78, 5) is 13.2. The maximum atomic E-state index is 11.4. The molecule has 0 aromatic heterocycles. The zero-order valence-corrected chi connectivity index (χ0v) is 13.6. The van der Waals surface area contributed by atoms with Crippen molar-refractivity contribution in [3.8, 4) is 0 Å². The van der Waals surface area contributed by atoms with Gasteiger partial charge in [-0.05, 0) is 12.1 Å². The minimum atomic E-state index is -0.521. The van der Waals surface area contributed by atoms with Crippen molar-refractivity contribution >= 4 is 17.3 Å². The van der Waals surface area contributed by atoms with Crippen LogP contribution < -0.4 is 5.32 Å². The molecule has 6 nitrogen and oxygen atoms in total. The molecule has 1 aromatic carbocycles. The van der Waals surface area contributed by atoms with E-state index in [2.05, 4.69) is 10.2 Å². The summed E-state index contributed by atoms with van der Waals surface area (Å²) in [6.07, 6.45) is 0. The largest absolute Gasteiger partial charge is 0.396 e. The van der Waals surface area contributed by atoms with E-state index in [0.29, 0.717) is 10.6 Å². The van der Waals surface area contributed by atoms with Gasteiger partial charge in [-0.2, -0.15) is 0 Å². The molecule has 1 fully saturated rings. The molecule has 1 atom stereocenters. The number of piperazine rings is 1. The predicted octanol–water partition coefficient (Wildman–Crippen LogP) is 2.21. The van der Waals surface area contributed by atoms with Crippen molar-refractivity contribution < 1.29 is 10.0 Å². The molecule has 0 radical (unpaired) electrons. The van der Waals surface area contributed by atoms with Crippen LogP contribution in [0.25, 0.3) is 0 Å². The first-order valence-electron chi connectivity index (χ1n) is 7.36. The van der Waals surface area contributed by atoms with E-state index in [1.165, 1.54) is 12.1 Å². The Morgan fingerprint density at radius 1 is 1.45 bits per heavy atom. The van der Waals surface area contributed by atoms with E-state index < -0.39 is 5.41 Å². The lowest BCUT2D eigenvalue weighted by Crippen LogP contribution is -2.49. The van der Waals surface area contributed by atoms with Crippen LogP contribution in [0.15, 0.2) is 18.2 Å². The van der Waals surface area contributed by atoms with Gasteiger partial charge in [0.15, 0.2) is 0 Å². The van der Waals surface area contributed by atoms with Crippen LogP contribution in [-0.4, -0.2) is 47.7 Å². The smallest absolute Gasteiger partial charge is 0.274 e. The molecule has 2 N–H and O–H groups in total. The highest BCUT2D eigenvalue weighted by atomic mass is 35.5. The quantitative estimate of drug-likeness (QED) is 0.640. The monoisotopic (exact) mass is 327 g/mol. The van der Waals surface area contributed by atoms with Crippen molar-refractivity contribution in [2.45, 2.75) is 19.9 Å². The number of nitrogens with one attached hydrogen (secondary N) is 1. The number of nitrogens with zero attached hydrogens (tertiary/aromatic N) is 2. The Hall–Kier alpha value is -1.21. The fourth-order valence-electron chi connectivity index (χ4n) is 3.05. The first-order valence-corrected chi connectivity index (χ1v) is 7.74. The van der Waals surface area contributed by atoms with Gasteiger partial charge in [-0.3, -0.25) is 15.0 Å². The molecule has 1 aromatic rings. The lowest BCUT2D eigenvalue weighted by atomic mass is 9.79. The van der Waals surface area contributed by atoms with Crippen molar-refractivity contribution in [3.05, 3.63) is 38.9 Å². The predicted molar refractivity (Wildman–Crippen MR) is 86.2 cm³/mol. The van der Waals surface area contributed by atoms with Crippen molar-refractivity contribution in [2.75, 3.05) is 32.8 Å². The van der Waals surface area contributed by atoms with Crippen LogP contribution >= 0.6 is 11.6 Å². The Bertz CT molecular complexity index is 545. The molecule has 0 amide bonds. The van der Waals surface area contributed by atoms with Gasteiger partial charge in [-0.25, -0.2) is 0 Å². The van der Waals surface area contributed by atoms with Crippen LogP contribution in [-0.2, 0) is 0 Å². The Kier molecular flexibility index (Phi) is 5.39. The Morgan fingerprint density at radius 3 is 2.64 bits per heavy atom. The minimum absolute atomic E-state index is 0.0504. The summed E-state index contributed by atoms with van der Waals surface area (Å²) in [6, 6.07) is 4.37. The molecule has 0 bridgehead atoms.